The SMILES string of the molecule is CCc1nc(N[C@@H]2CN(C(=O)OCc3ccccc3)C[C@H]2O)c(CC)nc1Br. The number of ether oxygens (including phenoxy) is 1. The fraction of sp³-hybridized carbons (Fsp3) is 0.450. The number of carbonyl (C=O) groups is 1. The molecule has 0 radical (unpaired) electrons. The Morgan fingerprint density at radius 1 is 1.21 bits per heavy atom. The third kappa shape index (κ3) is 4.80. The molecule has 1 saturated heterocycles. The molecule has 1 aromatic heterocycles. The van der Waals surface area contributed by atoms with E-state index < -0.39 is 12.2 Å². The van der Waals surface area contributed by atoms with Crippen LogP contribution in [0.25, 0.3) is 0 Å². The van der Waals surface area contributed by atoms with Crippen LogP contribution in [0, 0.1) is 0 Å². The van der Waals surface area contributed by atoms with Crippen LogP contribution >= 0.6 is 15.9 Å². The third-order valence-electron chi connectivity index (χ3n) is 4.74. The molecule has 2 N–H and O–H groups in total. The Morgan fingerprint density at radius 3 is 2.61 bits per heavy atom. The van der Waals surface area contributed by atoms with Crippen molar-refractivity contribution in [3.8, 4) is 0 Å². The van der Waals surface area contributed by atoms with Gasteiger partial charge in [0.15, 0.2) is 0 Å². The van der Waals surface area contributed by atoms with E-state index in [1.54, 1.807) is 0 Å². The van der Waals surface area contributed by atoms with E-state index in [1.165, 1.54) is 4.90 Å². The molecule has 7 nitrogen and oxygen atoms in total. The molecule has 0 aliphatic carbocycles. The molecule has 8 heteroatoms. The number of hydrogen-bond acceptors (Lipinski definition) is 6. The van der Waals surface area contributed by atoms with Gasteiger partial charge in [0.2, 0.25) is 0 Å². The molecule has 1 aliphatic rings. The first-order chi connectivity index (χ1) is 13.5. The lowest BCUT2D eigenvalue weighted by atomic mass is 10.2. The lowest BCUT2D eigenvalue weighted by molar-refractivity contribution is 0.0971. The minimum Gasteiger partial charge on any atom is -0.445 e. The molecule has 1 aromatic carbocycles. The molecule has 3 rings (SSSR count). The van der Waals surface area contributed by atoms with Gasteiger partial charge in [-0.15, -0.1) is 0 Å². The number of β-amino-alcohol motifs (C(OH)–C–C–N with tert-alkyl or cyclic N) is 1. The highest BCUT2D eigenvalue weighted by atomic mass is 79.9. The first kappa shape index (κ1) is 20.5. The van der Waals surface area contributed by atoms with Crippen molar-refractivity contribution in [2.75, 3.05) is 18.4 Å². The first-order valence-corrected chi connectivity index (χ1v) is 10.3. The highest BCUT2D eigenvalue weighted by Gasteiger charge is 2.35. The number of hydrogen-bond donors (Lipinski definition) is 2. The van der Waals surface area contributed by atoms with Gasteiger partial charge in [0, 0.05) is 6.54 Å². The molecule has 28 heavy (non-hydrogen) atoms. The summed E-state index contributed by atoms with van der Waals surface area (Å²) in [7, 11) is 0. The van der Waals surface area contributed by atoms with Crippen molar-refractivity contribution in [2.45, 2.75) is 45.4 Å². The van der Waals surface area contributed by atoms with Crippen molar-refractivity contribution in [1.29, 1.82) is 0 Å². The lowest BCUT2D eigenvalue weighted by Gasteiger charge is -2.19. The lowest BCUT2D eigenvalue weighted by Crippen LogP contribution is -2.34. The standard InChI is InChI=1S/C20H25BrN4O3/c1-3-14-18(21)22-15(4-2)19(23-14)24-16-10-25(11-17(16)26)20(27)28-12-13-8-6-5-7-9-13/h5-9,16-17,26H,3-4,10-12H2,1-2H3,(H,23,24)/t16-,17-/m1/s1. The van der Waals surface area contributed by atoms with Crippen molar-refractivity contribution >= 4 is 27.8 Å². The van der Waals surface area contributed by atoms with Crippen LogP contribution in [0.2, 0.25) is 0 Å². The van der Waals surface area contributed by atoms with Crippen LogP contribution in [0.1, 0.15) is 30.8 Å². The smallest absolute Gasteiger partial charge is 0.410 e. The summed E-state index contributed by atoms with van der Waals surface area (Å²) < 4.78 is 6.12. The second-order valence-corrected chi connectivity index (χ2v) is 7.48. The van der Waals surface area contributed by atoms with Crippen molar-refractivity contribution in [2.24, 2.45) is 0 Å². The Kier molecular flexibility index (Phi) is 6.85. The summed E-state index contributed by atoms with van der Waals surface area (Å²) in [6.45, 7) is 4.79. The number of anilines is 1. The predicted molar refractivity (Wildman–Crippen MR) is 110 cm³/mol. The van der Waals surface area contributed by atoms with E-state index in [1.807, 2.05) is 44.2 Å². The van der Waals surface area contributed by atoms with Crippen molar-refractivity contribution in [3.05, 3.63) is 51.9 Å². The zero-order valence-corrected chi connectivity index (χ0v) is 17.6. The first-order valence-electron chi connectivity index (χ1n) is 9.47. The van der Waals surface area contributed by atoms with Gasteiger partial charge in [-0.1, -0.05) is 44.2 Å². The summed E-state index contributed by atoms with van der Waals surface area (Å²) in [5.74, 6) is 0.658. The molecular weight excluding hydrogens is 424 g/mol. The fourth-order valence-electron chi connectivity index (χ4n) is 3.13. The Hall–Kier alpha value is -2.19. The molecule has 2 heterocycles. The van der Waals surface area contributed by atoms with Gasteiger partial charge in [-0.25, -0.2) is 14.8 Å². The summed E-state index contributed by atoms with van der Waals surface area (Å²) in [5, 5.41) is 13.7. The zero-order valence-electron chi connectivity index (χ0n) is 16.1. The zero-order chi connectivity index (χ0) is 20.1. The maximum Gasteiger partial charge on any atom is 0.410 e. The number of nitrogens with one attached hydrogen (secondary N) is 1. The Labute approximate surface area is 173 Å². The van der Waals surface area contributed by atoms with Crippen LogP contribution in [0.4, 0.5) is 10.6 Å². The average molecular weight is 449 g/mol. The topological polar surface area (TPSA) is 87.6 Å². The largest absolute Gasteiger partial charge is 0.445 e. The number of amides is 1. The monoisotopic (exact) mass is 448 g/mol. The van der Waals surface area contributed by atoms with Gasteiger partial charge in [-0.05, 0) is 34.3 Å². The number of rotatable bonds is 6. The number of likely N-dealkylation sites (tertiary alicyclic amines) is 1. The maximum absolute atomic E-state index is 12.4. The van der Waals surface area contributed by atoms with E-state index in [0.29, 0.717) is 18.8 Å². The molecule has 0 saturated carbocycles. The van der Waals surface area contributed by atoms with Crippen molar-refractivity contribution in [1.82, 2.24) is 14.9 Å². The van der Waals surface area contributed by atoms with Crippen LogP contribution in [0.15, 0.2) is 34.9 Å². The molecule has 0 bridgehead atoms. The van der Waals surface area contributed by atoms with E-state index in [2.05, 4.69) is 31.2 Å². The van der Waals surface area contributed by atoms with Gasteiger partial charge in [-0.2, -0.15) is 0 Å². The number of aliphatic hydroxyl groups is 1. The molecule has 0 unspecified atom stereocenters. The number of aromatic nitrogens is 2. The van der Waals surface area contributed by atoms with Crippen LogP contribution in [-0.2, 0) is 24.2 Å². The summed E-state index contributed by atoms with van der Waals surface area (Å²) in [4.78, 5) is 23.1. The normalized spacial score (nSPS) is 18.9. The minimum atomic E-state index is -0.704. The minimum absolute atomic E-state index is 0.211. The van der Waals surface area contributed by atoms with Gasteiger partial charge >= 0.3 is 6.09 Å². The molecule has 150 valence electrons. The van der Waals surface area contributed by atoms with Crippen LogP contribution in [0.3, 0.4) is 0 Å². The molecular formula is C20H25BrN4O3. The molecule has 2 atom stereocenters. The van der Waals surface area contributed by atoms with Crippen LogP contribution < -0.4 is 5.32 Å². The van der Waals surface area contributed by atoms with Crippen molar-refractivity contribution in [3.63, 3.8) is 0 Å². The van der Waals surface area contributed by atoms with Gasteiger partial charge in [0.05, 0.1) is 30.1 Å². The Morgan fingerprint density at radius 2 is 1.93 bits per heavy atom. The van der Waals surface area contributed by atoms with Gasteiger partial charge in [-0.3, -0.25) is 0 Å². The molecule has 1 amide bonds. The fourth-order valence-corrected chi connectivity index (χ4v) is 3.72. The maximum atomic E-state index is 12.4. The summed E-state index contributed by atoms with van der Waals surface area (Å²) in [6, 6.07) is 9.20. The predicted octanol–water partition coefficient (Wildman–Crippen LogP) is 3.16. The van der Waals surface area contributed by atoms with E-state index in [-0.39, 0.29) is 19.2 Å². The van der Waals surface area contributed by atoms with E-state index in [0.717, 1.165) is 28.0 Å². The second-order valence-electron chi connectivity index (χ2n) is 6.73. The summed E-state index contributed by atoms with van der Waals surface area (Å²) in [6.07, 6.45) is 0.324. The van der Waals surface area contributed by atoms with Crippen molar-refractivity contribution < 1.29 is 14.6 Å². The van der Waals surface area contributed by atoms with Crippen LogP contribution in [-0.4, -0.2) is 51.3 Å². The van der Waals surface area contributed by atoms with Crippen LogP contribution in [0.5, 0.6) is 0 Å². The quantitative estimate of drug-likeness (QED) is 0.705. The Balaban J connectivity index is 1.63. The molecule has 0 spiro atoms. The summed E-state index contributed by atoms with van der Waals surface area (Å²) >= 11 is 3.45. The number of halogens is 1. The number of aryl methyl sites for hydroxylation is 2. The molecule has 1 aliphatic heterocycles. The summed E-state index contributed by atoms with van der Waals surface area (Å²) in [5.41, 5.74) is 2.60. The van der Waals surface area contributed by atoms with E-state index in [4.69, 9.17) is 4.74 Å². The van der Waals surface area contributed by atoms with E-state index >= 15 is 0 Å². The van der Waals surface area contributed by atoms with E-state index in [9.17, 15) is 9.90 Å². The number of nitrogens with zero attached hydrogens (tertiary/aromatic N) is 3. The number of carbonyl (C=O) groups excluding carboxylic acids is 1. The molecule has 2 aromatic rings. The number of benzene rings is 1. The van der Waals surface area contributed by atoms with Gasteiger partial charge in [0.1, 0.15) is 17.0 Å². The third-order valence-corrected chi connectivity index (χ3v) is 5.37. The highest BCUT2D eigenvalue weighted by molar-refractivity contribution is 9.10. The Bertz CT molecular complexity index is 819. The second kappa shape index (κ2) is 9.34. The van der Waals surface area contributed by atoms with Gasteiger partial charge < -0.3 is 20.1 Å². The molecule has 1 fully saturated rings. The number of aliphatic hydroxyl groups excluding tert-OH is 1. The van der Waals surface area contributed by atoms with Gasteiger partial charge in [0.25, 0.3) is 0 Å². The average Bonchev–Trinajstić information content (AvgIpc) is 3.08. The highest BCUT2D eigenvalue weighted by Crippen LogP contribution is 2.23.